The van der Waals surface area contributed by atoms with Gasteiger partial charge in [-0.15, -0.1) is 0 Å². The quantitative estimate of drug-likeness (QED) is 0.454. The Balaban J connectivity index is 1.98. The molecule has 1 atom stereocenters. The van der Waals surface area contributed by atoms with Crippen molar-refractivity contribution < 1.29 is 17.4 Å². The summed E-state index contributed by atoms with van der Waals surface area (Å²) in [6, 6.07) is 6.50. The molecule has 7 heteroatoms. The highest BCUT2D eigenvalue weighted by Crippen LogP contribution is 2.41. The Labute approximate surface area is 146 Å². The van der Waals surface area contributed by atoms with Gasteiger partial charge < -0.3 is 4.57 Å². The van der Waals surface area contributed by atoms with Gasteiger partial charge in [-0.05, 0) is 24.1 Å². The number of carbonyl (C=O) groups is 1. The molecular formula is C17H27NO4SSi. The van der Waals surface area contributed by atoms with E-state index in [1.807, 2.05) is 11.5 Å². The van der Waals surface area contributed by atoms with Crippen molar-refractivity contribution in [3.63, 3.8) is 0 Å². The first kappa shape index (κ1) is 19.1. The summed E-state index contributed by atoms with van der Waals surface area (Å²) >= 11 is 0. The van der Waals surface area contributed by atoms with Gasteiger partial charge in [-0.3, -0.25) is 8.98 Å². The number of nitrogens with zero attached hydrogens (tertiary/aromatic N) is 1. The van der Waals surface area contributed by atoms with E-state index in [1.54, 1.807) is 12.1 Å². The van der Waals surface area contributed by atoms with E-state index >= 15 is 0 Å². The third-order valence-corrected chi connectivity index (χ3v) is 12.0. The summed E-state index contributed by atoms with van der Waals surface area (Å²) in [7, 11) is -5.71. The van der Waals surface area contributed by atoms with Gasteiger partial charge >= 0.3 is 0 Å². The Hall–Kier alpha value is -1.18. The van der Waals surface area contributed by atoms with E-state index < -0.39 is 18.4 Å². The average molecular weight is 370 g/mol. The summed E-state index contributed by atoms with van der Waals surface area (Å²) in [6.07, 6.45) is 0. The fourth-order valence-corrected chi connectivity index (χ4v) is 5.64. The average Bonchev–Trinajstić information content (AvgIpc) is 2.44. The molecule has 0 spiro atoms. The van der Waals surface area contributed by atoms with Gasteiger partial charge in [-0.2, -0.15) is 8.42 Å². The van der Waals surface area contributed by atoms with Crippen LogP contribution in [0.3, 0.4) is 0 Å². The third-order valence-electron chi connectivity index (χ3n) is 5.26. The van der Waals surface area contributed by atoms with Gasteiger partial charge in [-0.25, -0.2) is 0 Å². The van der Waals surface area contributed by atoms with Crippen molar-refractivity contribution in [3.05, 3.63) is 29.8 Å². The Morgan fingerprint density at radius 2 is 1.75 bits per heavy atom. The molecule has 0 aliphatic carbocycles. The van der Waals surface area contributed by atoms with Gasteiger partial charge in [0.15, 0.2) is 8.24 Å². The number of amides is 1. The van der Waals surface area contributed by atoms with Gasteiger partial charge in [0.05, 0.1) is 17.4 Å². The van der Waals surface area contributed by atoms with Crippen LogP contribution in [0.5, 0.6) is 0 Å². The van der Waals surface area contributed by atoms with Crippen LogP contribution in [0.4, 0.5) is 0 Å². The van der Waals surface area contributed by atoms with Crippen LogP contribution in [0, 0.1) is 12.8 Å². The monoisotopic (exact) mass is 369 g/mol. The zero-order valence-corrected chi connectivity index (χ0v) is 17.1. The van der Waals surface area contributed by atoms with Crippen LogP contribution >= 0.6 is 0 Å². The molecular weight excluding hydrogens is 342 g/mol. The first-order valence-corrected chi connectivity index (χ1v) is 12.5. The van der Waals surface area contributed by atoms with E-state index in [2.05, 4.69) is 33.9 Å². The van der Waals surface area contributed by atoms with Crippen molar-refractivity contribution in [1.82, 2.24) is 4.57 Å². The molecule has 0 bridgehead atoms. The second kappa shape index (κ2) is 6.27. The van der Waals surface area contributed by atoms with Gasteiger partial charge in [0, 0.05) is 6.54 Å². The van der Waals surface area contributed by atoms with Gasteiger partial charge in [-0.1, -0.05) is 51.6 Å². The normalized spacial score (nSPS) is 19.3. The molecule has 1 aromatic rings. The largest absolute Gasteiger partial charge is 0.368 e. The van der Waals surface area contributed by atoms with E-state index in [1.165, 1.54) is 12.1 Å². The summed E-state index contributed by atoms with van der Waals surface area (Å²) in [4.78, 5) is 12.6. The van der Waals surface area contributed by atoms with Crippen LogP contribution in [0.2, 0.25) is 18.1 Å². The van der Waals surface area contributed by atoms with E-state index in [9.17, 15) is 13.2 Å². The molecule has 2 rings (SSSR count). The van der Waals surface area contributed by atoms with Crippen molar-refractivity contribution in [3.8, 4) is 0 Å². The first-order valence-electron chi connectivity index (χ1n) is 8.14. The van der Waals surface area contributed by atoms with E-state index in [-0.39, 0.29) is 28.4 Å². The zero-order valence-electron chi connectivity index (χ0n) is 15.3. The number of carbonyl (C=O) groups excluding carboxylic acids is 1. The highest BCUT2D eigenvalue weighted by Gasteiger charge is 2.51. The smallest absolute Gasteiger partial charge is 0.296 e. The summed E-state index contributed by atoms with van der Waals surface area (Å²) in [5, 5.41) is 0.0719. The molecule has 1 heterocycles. The molecule has 5 nitrogen and oxygen atoms in total. The van der Waals surface area contributed by atoms with E-state index in [4.69, 9.17) is 4.18 Å². The van der Waals surface area contributed by atoms with Crippen molar-refractivity contribution in [1.29, 1.82) is 0 Å². The van der Waals surface area contributed by atoms with Gasteiger partial charge in [0.1, 0.15) is 0 Å². The number of hydrogen-bond acceptors (Lipinski definition) is 4. The lowest BCUT2D eigenvalue weighted by Gasteiger charge is -2.53. The predicted molar refractivity (Wildman–Crippen MR) is 96.7 cm³/mol. The SMILES string of the molecule is Cc1ccc(S(=O)(=O)OCC2CN([Si](C)(C)C(C)(C)C)C2=O)cc1. The second-order valence-corrected chi connectivity index (χ2v) is 14.8. The molecule has 1 amide bonds. The van der Waals surface area contributed by atoms with Crippen molar-refractivity contribution >= 4 is 24.3 Å². The minimum atomic E-state index is -3.81. The fraction of sp³-hybridized carbons (Fsp3) is 0.588. The van der Waals surface area contributed by atoms with Crippen LogP contribution < -0.4 is 0 Å². The highest BCUT2D eigenvalue weighted by molar-refractivity contribution is 7.86. The summed E-state index contributed by atoms with van der Waals surface area (Å²) < 4.78 is 31.4. The fourth-order valence-electron chi connectivity index (χ4n) is 2.47. The minimum absolute atomic E-state index is 0.0145. The van der Waals surface area contributed by atoms with Gasteiger partial charge in [0.25, 0.3) is 10.1 Å². The van der Waals surface area contributed by atoms with Crippen molar-refractivity contribution in [2.24, 2.45) is 5.92 Å². The Bertz CT molecular complexity index is 720. The van der Waals surface area contributed by atoms with Crippen LogP contribution in [0.1, 0.15) is 26.3 Å². The molecule has 1 saturated heterocycles. The predicted octanol–water partition coefficient (Wildman–Crippen LogP) is 3.16. The number of rotatable bonds is 5. The molecule has 1 aromatic carbocycles. The van der Waals surface area contributed by atoms with Crippen LogP contribution in [0.15, 0.2) is 29.2 Å². The summed E-state index contributed by atoms with van der Waals surface area (Å²) in [5.41, 5.74) is 0.980. The molecule has 134 valence electrons. The molecule has 1 unspecified atom stereocenters. The maximum Gasteiger partial charge on any atom is 0.296 e. The Morgan fingerprint density at radius 3 is 2.21 bits per heavy atom. The second-order valence-electron chi connectivity index (χ2n) is 8.01. The Kier molecular flexibility index (Phi) is 5.01. The molecule has 0 radical (unpaired) electrons. The first-order chi connectivity index (χ1) is 10.9. The molecule has 1 aliphatic rings. The number of β-lactam (4-membered cyclic amide) rings is 1. The lowest BCUT2D eigenvalue weighted by Crippen LogP contribution is -2.68. The number of benzene rings is 1. The van der Waals surface area contributed by atoms with Crippen LogP contribution in [0.25, 0.3) is 0 Å². The maximum atomic E-state index is 12.4. The number of hydrogen-bond donors (Lipinski definition) is 0. The minimum Gasteiger partial charge on any atom is -0.368 e. The summed E-state index contributed by atoms with van der Waals surface area (Å²) in [5.74, 6) is -0.347. The molecule has 0 saturated carbocycles. The lowest BCUT2D eigenvalue weighted by molar-refractivity contribution is -0.142. The third kappa shape index (κ3) is 3.58. The number of aryl methyl sites for hydroxylation is 1. The van der Waals surface area contributed by atoms with Crippen molar-refractivity contribution in [2.75, 3.05) is 13.2 Å². The topological polar surface area (TPSA) is 63.7 Å². The molecule has 0 aromatic heterocycles. The maximum absolute atomic E-state index is 12.4. The lowest BCUT2D eigenvalue weighted by atomic mass is 10.0. The molecule has 24 heavy (non-hydrogen) atoms. The van der Waals surface area contributed by atoms with Crippen LogP contribution in [-0.2, 0) is 19.1 Å². The zero-order chi connectivity index (χ0) is 18.3. The summed E-state index contributed by atoms with van der Waals surface area (Å²) in [6.45, 7) is 13.2. The molecule has 1 aliphatic heterocycles. The Morgan fingerprint density at radius 1 is 1.21 bits per heavy atom. The standard InChI is InChI=1S/C17H27NO4SSi/c1-13-7-9-15(10-8-13)23(20,21)22-12-14-11-18(16(14)19)24(5,6)17(2,3)4/h7-10,14H,11-12H2,1-6H3. The molecule has 1 fully saturated rings. The highest BCUT2D eigenvalue weighted by atomic mass is 32.2. The van der Waals surface area contributed by atoms with Crippen LogP contribution in [-0.4, -0.2) is 40.3 Å². The van der Waals surface area contributed by atoms with Crippen molar-refractivity contribution in [2.45, 2.75) is 50.7 Å². The van der Waals surface area contributed by atoms with E-state index in [0.717, 1.165) is 5.56 Å². The molecule has 0 N–H and O–H groups in total. The van der Waals surface area contributed by atoms with Gasteiger partial charge in [0.2, 0.25) is 5.91 Å². The van der Waals surface area contributed by atoms with E-state index in [0.29, 0.717) is 6.54 Å².